The van der Waals surface area contributed by atoms with Gasteiger partial charge in [-0.25, -0.2) is 14.8 Å². The molecule has 0 amide bonds. The number of pyridine rings is 2. The molecule has 3 N–H and O–H groups in total. The Hall–Kier alpha value is -3.43. The van der Waals surface area contributed by atoms with Gasteiger partial charge in [0, 0.05) is 24.0 Å². The Kier molecular flexibility index (Phi) is 7.37. The second kappa shape index (κ2) is 10.5. The Morgan fingerprint density at radius 1 is 1.20 bits per heavy atom. The predicted octanol–water partition coefficient (Wildman–Crippen LogP) is 3.86. The number of aryl methyl sites for hydroxylation is 2. The van der Waals surface area contributed by atoms with Gasteiger partial charge in [0.05, 0.1) is 36.4 Å². The van der Waals surface area contributed by atoms with Gasteiger partial charge in [-0.05, 0) is 71.5 Å². The molecular weight excluding hydrogens is 444 g/mol. The van der Waals surface area contributed by atoms with Crippen LogP contribution in [0.15, 0.2) is 30.3 Å². The number of ether oxygens (including phenoxy) is 2. The molecule has 9 nitrogen and oxygen atoms in total. The van der Waals surface area contributed by atoms with Crippen LogP contribution >= 0.6 is 0 Å². The molecule has 0 aliphatic heterocycles. The summed E-state index contributed by atoms with van der Waals surface area (Å²) in [4.78, 5) is 22.2. The highest BCUT2D eigenvalue weighted by molar-refractivity contribution is 5.91. The van der Waals surface area contributed by atoms with Crippen molar-refractivity contribution in [3.8, 4) is 17.3 Å². The third-order valence-corrected chi connectivity index (χ3v) is 6.17. The summed E-state index contributed by atoms with van der Waals surface area (Å²) in [5, 5.41) is 4.25. The standard InChI is InChI=1S/C26H34N6O3/c1-6-35-26(33)19-14-22-30-24(17(3)32(22)23(15-19)34-5)21-13-18-9-10-20(16(2)27)29-25(18)31(21)12-8-7-11-28-4/h9-10,13-16,28H,6-8,11-12,27H2,1-5H3/t16-/m1/s1. The second-order valence-corrected chi connectivity index (χ2v) is 8.68. The molecule has 4 aromatic heterocycles. The lowest BCUT2D eigenvalue weighted by Gasteiger charge is -2.11. The predicted molar refractivity (Wildman–Crippen MR) is 137 cm³/mol. The molecular formula is C26H34N6O3. The van der Waals surface area contributed by atoms with Crippen LogP contribution in [0, 0.1) is 6.92 Å². The number of imidazole rings is 1. The van der Waals surface area contributed by atoms with Crippen molar-refractivity contribution in [3.05, 3.63) is 47.3 Å². The minimum Gasteiger partial charge on any atom is -0.482 e. The number of fused-ring (bicyclic) bond motifs is 2. The third kappa shape index (κ3) is 4.74. The fourth-order valence-electron chi connectivity index (χ4n) is 4.39. The average molecular weight is 479 g/mol. The van der Waals surface area contributed by atoms with E-state index in [9.17, 15) is 4.79 Å². The maximum atomic E-state index is 12.4. The number of nitrogens with two attached hydrogens (primary N) is 1. The first-order valence-electron chi connectivity index (χ1n) is 12.0. The number of hydrogen-bond acceptors (Lipinski definition) is 7. The number of unbranched alkanes of at least 4 members (excludes halogenated alkanes) is 1. The van der Waals surface area contributed by atoms with Gasteiger partial charge in [0.1, 0.15) is 17.0 Å². The number of aromatic nitrogens is 4. The van der Waals surface area contributed by atoms with E-state index in [2.05, 4.69) is 22.0 Å². The molecule has 0 aromatic carbocycles. The van der Waals surface area contributed by atoms with Gasteiger partial charge in [-0.2, -0.15) is 0 Å². The van der Waals surface area contributed by atoms with Gasteiger partial charge in [-0.3, -0.25) is 4.40 Å². The van der Waals surface area contributed by atoms with Crippen LogP contribution in [0.2, 0.25) is 0 Å². The number of methoxy groups -OCH3 is 1. The molecule has 0 aliphatic carbocycles. The van der Waals surface area contributed by atoms with Gasteiger partial charge in [0.25, 0.3) is 0 Å². The number of esters is 1. The zero-order chi connectivity index (χ0) is 25.1. The second-order valence-electron chi connectivity index (χ2n) is 8.68. The van der Waals surface area contributed by atoms with Crippen LogP contribution in [-0.4, -0.2) is 52.2 Å². The van der Waals surface area contributed by atoms with E-state index in [1.807, 2.05) is 31.4 Å². The lowest BCUT2D eigenvalue weighted by Crippen LogP contribution is -2.11. The molecule has 0 unspecified atom stereocenters. The first-order valence-corrected chi connectivity index (χ1v) is 12.0. The summed E-state index contributed by atoms with van der Waals surface area (Å²) >= 11 is 0. The molecule has 9 heteroatoms. The fourth-order valence-corrected chi connectivity index (χ4v) is 4.39. The van der Waals surface area contributed by atoms with Crippen molar-refractivity contribution in [2.24, 2.45) is 5.73 Å². The molecule has 186 valence electrons. The van der Waals surface area contributed by atoms with Crippen LogP contribution in [0.4, 0.5) is 0 Å². The Labute approximate surface area is 205 Å². The smallest absolute Gasteiger partial charge is 0.338 e. The van der Waals surface area contributed by atoms with Crippen LogP contribution in [0.25, 0.3) is 28.1 Å². The first kappa shape index (κ1) is 24.7. The highest BCUT2D eigenvalue weighted by Crippen LogP contribution is 2.33. The molecule has 0 fully saturated rings. The zero-order valence-electron chi connectivity index (χ0n) is 21.1. The number of hydrogen-bond donors (Lipinski definition) is 2. The van der Waals surface area contributed by atoms with Gasteiger partial charge < -0.3 is 25.1 Å². The van der Waals surface area contributed by atoms with Gasteiger partial charge in [0.15, 0.2) is 5.88 Å². The van der Waals surface area contributed by atoms with Crippen molar-refractivity contribution in [1.29, 1.82) is 0 Å². The van der Waals surface area contributed by atoms with Crippen LogP contribution in [0.1, 0.15) is 54.5 Å². The number of nitrogens with zero attached hydrogens (tertiary/aromatic N) is 4. The summed E-state index contributed by atoms with van der Waals surface area (Å²) in [5.74, 6) is 0.123. The van der Waals surface area contributed by atoms with E-state index in [1.54, 1.807) is 26.2 Å². The summed E-state index contributed by atoms with van der Waals surface area (Å²) in [5.41, 5.74) is 11.6. The zero-order valence-corrected chi connectivity index (χ0v) is 21.1. The monoisotopic (exact) mass is 478 g/mol. The van der Waals surface area contributed by atoms with Crippen molar-refractivity contribution in [2.45, 2.75) is 46.2 Å². The molecule has 1 atom stereocenters. The van der Waals surface area contributed by atoms with Crippen molar-refractivity contribution in [1.82, 2.24) is 24.3 Å². The van der Waals surface area contributed by atoms with Crippen molar-refractivity contribution >= 4 is 22.6 Å². The molecule has 35 heavy (non-hydrogen) atoms. The van der Waals surface area contributed by atoms with E-state index in [0.29, 0.717) is 23.7 Å². The molecule has 0 aliphatic rings. The van der Waals surface area contributed by atoms with E-state index in [1.165, 1.54) is 0 Å². The van der Waals surface area contributed by atoms with Crippen molar-refractivity contribution in [3.63, 3.8) is 0 Å². The van der Waals surface area contributed by atoms with Crippen molar-refractivity contribution < 1.29 is 14.3 Å². The molecule has 4 aromatic rings. The molecule has 0 saturated carbocycles. The van der Waals surface area contributed by atoms with Crippen LogP contribution < -0.4 is 15.8 Å². The number of carbonyl (C=O) groups excluding carboxylic acids is 1. The lowest BCUT2D eigenvalue weighted by atomic mass is 10.2. The molecule has 0 radical (unpaired) electrons. The highest BCUT2D eigenvalue weighted by atomic mass is 16.5. The van der Waals surface area contributed by atoms with E-state index >= 15 is 0 Å². The van der Waals surface area contributed by atoms with Crippen molar-refractivity contribution in [2.75, 3.05) is 27.3 Å². The molecule has 4 heterocycles. The Balaban J connectivity index is 1.89. The summed E-state index contributed by atoms with van der Waals surface area (Å²) in [6.45, 7) is 7.78. The Morgan fingerprint density at radius 2 is 2.00 bits per heavy atom. The molecule has 0 bridgehead atoms. The van der Waals surface area contributed by atoms with Gasteiger partial charge in [-0.15, -0.1) is 0 Å². The highest BCUT2D eigenvalue weighted by Gasteiger charge is 2.22. The number of rotatable bonds is 10. The van der Waals surface area contributed by atoms with Gasteiger partial charge in [0.2, 0.25) is 0 Å². The fraction of sp³-hybridized carbons (Fsp3) is 0.423. The largest absolute Gasteiger partial charge is 0.482 e. The Bertz CT molecular complexity index is 1350. The number of carbonyl (C=O) groups is 1. The quantitative estimate of drug-likeness (QED) is 0.263. The maximum Gasteiger partial charge on any atom is 0.338 e. The summed E-state index contributed by atoms with van der Waals surface area (Å²) < 4.78 is 15.0. The SMILES string of the molecule is CCOC(=O)c1cc(OC)n2c(C)c(-c3cc4ccc([C@@H](C)N)nc4n3CCCCNC)nc2c1. The van der Waals surface area contributed by atoms with E-state index < -0.39 is 5.97 Å². The van der Waals surface area contributed by atoms with Gasteiger partial charge >= 0.3 is 5.97 Å². The minimum atomic E-state index is -0.401. The Morgan fingerprint density at radius 3 is 2.69 bits per heavy atom. The lowest BCUT2D eigenvalue weighted by molar-refractivity contribution is 0.0526. The van der Waals surface area contributed by atoms with E-state index in [-0.39, 0.29) is 6.04 Å². The van der Waals surface area contributed by atoms with Crippen LogP contribution in [0.5, 0.6) is 5.88 Å². The maximum absolute atomic E-state index is 12.4. The minimum absolute atomic E-state index is 0.155. The molecule has 0 spiro atoms. The van der Waals surface area contributed by atoms with E-state index in [4.69, 9.17) is 25.2 Å². The molecule has 4 rings (SSSR count). The third-order valence-electron chi connectivity index (χ3n) is 6.17. The van der Waals surface area contributed by atoms with Crippen LogP contribution in [0.3, 0.4) is 0 Å². The topological polar surface area (TPSA) is 109 Å². The average Bonchev–Trinajstić information content (AvgIpc) is 3.38. The summed E-state index contributed by atoms with van der Waals surface area (Å²) in [6.07, 6.45) is 2.04. The van der Waals surface area contributed by atoms with Gasteiger partial charge in [-0.1, -0.05) is 0 Å². The van der Waals surface area contributed by atoms with E-state index in [0.717, 1.165) is 59.7 Å². The normalized spacial score (nSPS) is 12.4. The summed E-state index contributed by atoms with van der Waals surface area (Å²) in [6, 6.07) is 9.44. The number of nitrogens with one attached hydrogen (secondary N) is 1. The van der Waals surface area contributed by atoms with Crippen LogP contribution in [-0.2, 0) is 11.3 Å². The summed E-state index contributed by atoms with van der Waals surface area (Å²) in [7, 11) is 3.55. The molecule has 0 saturated heterocycles. The first-order chi connectivity index (χ1) is 16.9.